The van der Waals surface area contributed by atoms with Gasteiger partial charge < -0.3 is 24.2 Å². The molecule has 2 fully saturated rings. The van der Waals surface area contributed by atoms with Gasteiger partial charge >= 0.3 is 23.5 Å². The van der Waals surface area contributed by atoms with E-state index in [-0.39, 0.29) is 13.2 Å². The van der Waals surface area contributed by atoms with Gasteiger partial charge in [0.05, 0.1) is 37.6 Å². The first-order valence-electron chi connectivity index (χ1n) is 7.22. The Balaban J connectivity index is 1.94. The monoisotopic (exact) mass is 426 g/mol. The Hall–Kier alpha value is 0.330. The maximum absolute atomic E-state index is 12.5. The normalized spacial score (nSPS) is 33.5. The molecule has 0 amide bonds. The molecule has 0 spiro atoms. The molecule has 0 aromatic carbocycles. The second kappa shape index (κ2) is 7.39. The van der Waals surface area contributed by atoms with Crippen molar-refractivity contribution in [1.29, 1.82) is 0 Å². The molecule has 0 saturated carbocycles. The van der Waals surface area contributed by atoms with Gasteiger partial charge in [0.15, 0.2) is 0 Å². The zero-order valence-corrected chi connectivity index (χ0v) is 16.3. The number of phosphoric acid groups is 3. The Kier molecular flexibility index (Phi) is 6.39. The van der Waals surface area contributed by atoms with Crippen molar-refractivity contribution in [2.24, 2.45) is 0 Å². The quantitative estimate of drug-likeness (QED) is 0.305. The summed E-state index contributed by atoms with van der Waals surface area (Å²) < 4.78 is 62.9. The molecule has 2 rings (SSSR count). The van der Waals surface area contributed by atoms with Crippen LogP contribution >= 0.6 is 23.5 Å². The average molecular weight is 426 g/mol. The molecule has 0 aromatic heterocycles. The zero-order chi connectivity index (χ0) is 19.0. The van der Waals surface area contributed by atoms with Crippen molar-refractivity contribution in [3.63, 3.8) is 0 Å². The second-order valence-electron chi connectivity index (χ2n) is 6.21. The number of hydrogen-bond acceptors (Lipinski definition) is 9. The van der Waals surface area contributed by atoms with E-state index in [0.29, 0.717) is 26.1 Å². The van der Waals surface area contributed by atoms with Gasteiger partial charge in [0.25, 0.3) is 0 Å². The van der Waals surface area contributed by atoms with Crippen LogP contribution in [0.5, 0.6) is 0 Å². The molecule has 12 nitrogen and oxygen atoms in total. The van der Waals surface area contributed by atoms with E-state index in [9.17, 15) is 18.6 Å². The van der Waals surface area contributed by atoms with Crippen LogP contribution in [0.15, 0.2) is 0 Å². The lowest BCUT2D eigenvalue weighted by molar-refractivity contribution is 0.122. The first-order chi connectivity index (χ1) is 11.2. The molecule has 2 aliphatic rings. The SMILES string of the molecule is CC1(CCOP(=O)(OCCC2(C)CO2)OP(=O)(O)OP(=O)(O)O)CO1. The molecule has 148 valence electrons. The third-order valence-corrected chi connectivity index (χ3v) is 7.75. The van der Waals surface area contributed by atoms with E-state index in [4.69, 9.17) is 28.3 Å². The minimum absolute atomic E-state index is 0.197. The van der Waals surface area contributed by atoms with Gasteiger partial charge in [-0.1, -0.05) is 0 Å². The van der Waals surface area contributed by atoms with Crippen LogP contribution in [-0.2, 0) is 40.8 Å². The molecule has 3 N–H and O–H groups in total. The molecular formula is C10H21O12P3. The maximum Gasteiger partial charge on any atom is 0.490 e. The van der Waals surface area contributed by atoms with Crippen molar-refractivity contribution in [3.05, 3.63) is 0 Å². The molecule has 0 radical (unpaired) electrons. The van der Waals surface area contributed by atoms with Crippen molar-refractivity contribution >= 4 is 23.5 Å². The summed E-state index contributed by atoms with van der Waals surface area (Å²) in [7, 11) is -15.4. The predicted octanol–water partition coefficient (Wildman–Crippen LogP) is 1.71. The van der Waals surface area contributed by atoms with E-state index < -0.39 is 34.7 Å². The molecule has 3 unspecified atom stereocenters. The Labute approximate surface area is 144 Å². The lowest BCUT2D eigenvalue weighted by Gasteiger charge is -2.21. The van der Waals surface area contributed by atoms with E-state index in [2.05, 4.69) is 8.62 Å². The van der Waals surface area contributed by atoms with E-state index in [0.717, 1.165) is 0 Å². The largest absolute Gasteiger partial charge is 0.490 e. The van der Waals surface area contributed by atoms with E-state index in [1.54, 1.807) is 13.8 Å². The molecule has 25 heavy (non-hydrogen) atoms. The molecule has 0 aromatic rings. The average Bonchev–Trinajstić information content (AvgIpc) is 3.27. The summed E-state index contributed by atoms with van der Waals surface area (Å²) in [4.78, 5) is 26.6. The van der Waals surface area contributed by atoms with Gasteiger partial charge in [-0.05, 0) is 13.8 Å². The molecule has 0 bridgehead atoms. The summed E-state index contributed by atoms with van der Waals surface area (Å²) in [5, 5.41) is 0. The molecule has 2 saturated heterocycles. The van der Waals surface area contributed by atoms with Crippen LogP contribution in [0.2, 0.25) is 0 Å². The fraction of sp³-hybridized carbons (Fsp3) is 1.00. The van der Waals surface area contributed by atoms with E-state index in [1.807, 2.05) is 0 Å². The minimum Gasteiger partial charge on any atom is -0.370 e. The smallest absolute Gasteiger partial charge is 0.370 e. The summed E-state index contributed by atoms with van der Waals surface area (Å²) in [6.07, 6.45) is 0.610. The van der Waals surface area contributed by atoms with E-state index >= 15 is 0 Å². The fourth-order valence-electron chi connectivity index (χ4n) is 1.64. The Bertz CT molecular complexity index is 593. The van der Waals surface area contributed by atoms with Gasteiger partial charge in [-0.15, -0.1) is 0 Å². The van der Waals surface area contributed by atoms with Crippen LogP contribution in [0.25, 0.3) is 0 Å². The fourth-order valence-corrected chi connectivity index (χ4v) is 5.20. The summed E-state index contributed by atoms with van der Waals surface area (Å²) in [5.74, 6) is 0. The van der Waals surface area contributed by atoms with Gasteiger partial charge in [0.1, 0.15) is 0 Å². The predicted molar refractivity (Wildman–Crippen MR) is 81.5 cm³/mol. The van der Waals surface area contributed by atoms with Crippen molar-refractivity contribution in [2.75, 3.05) is 26.4 Å². The van der Waals surface area contributed by atoms with Gasteiger partial charge in [-0.25, -0.2) is 13.7 Å². The summed E-state index contributed by atoms with van der Waals surface area (Å²) >= 11 is 0. The lowest BCUT2D eigenvalue weighted by Crippen LogP contribution is -2.12. The Morgan fingerprint density at radius 3 is 1.60 bits per heavy atom. The number of ether oxygens (including phenoxy) is 2. The van der Waals surface area contributed by atoms with Crippen molar-refractivity contribution < 1.29 is 55.5 Å². The van der Waals surface area contributed by atoms with Crippen LogP contribution in [0.4, 0.5) is 0 Å². The topological polar surface area (TPSA) is 174 Å². The maximum atomic E-state index is 12.5. The highest BCUT2D eigenvalue weighted by molar-refractivity contribution is 7.66. The zero-order valence-electron chi connectivity index (χ0n) is 13.6. The number of rotatable bonds is 12. The molecule has 15 heteroatoms. The van der Waals surface area contributed by atoms with Crippen LogP contribution in [0.1, 0.15) is 26.7 Å². The van der Waals surface area contributed by atoms with Gasteiger partial charge in [-0.2, -0.15) is 8.62 Å². The second-order valence-corrected chi connectivity index (χ2v) is 10.8. The van der Waals surface area contributed by atoms with Crippen molar-refractivity contribution in [2.45, 2.75) is 37.9 Å². The Morgan fingerprint density at radius 1 is 0.880 bits per heavy atom. The van der Waals surface area contributed by atoms with Gasteiger partial charge in [0, 0.05) is 12.8 Å². The van der Waals surface area contributed by atoms with Crippen LogP contribution in [-0.4, -0.2) is 52.3 Å². The highest BCUT2D eigenvalue weighted by Gasteiger charge is 2.45. The summed E-state index contributed by atoms with van der Waals surface area (Å²) in [6.45, 7) is 4.13. The van der Waals surface area contributed by atoms with Crippen LogP contribution < -0.4 is 0 Å². The molecule has 2 aliphatic heterocycles. The number of epoxide rings is 2. The molecular weight excluding hydrogens is 405 g/mol. The highest BCUT2D eigenvalue weighted by Crippen LogP contribution is 2.68. The first-order valence-corrected chi connectivity index (χ1v) is 11.7. The van der Waals surface area contributed by atoms with Gasteiger partial charge in [-0.3, -0.25) is 9.05 Å². The van der Waals surface area contributed by atoms with Crippen molar-refractivity contribution in [3.8, 4) is 0 Å². The molecule has 3 atom stereocenters. The number of phosphoric ester groups is 1. The third-order valence-electron chi connectivity index (χ3n) is 3.45. The lowest BCUT2D eigenvalue weighted by atomic mass is 10.1. The minimum atomic E-state index is -5.40. The number of hydrogen-bond donors (Lipinski definition) is 3. The molecule has 0 aliphatic carbocycles. The van der Waals surface area contributed by atoms with Crippen molar-refractivity contribution in [1.82, 2.24) is 0 Å². The van der Waals surface area contributed by atoms with Crippen LogP contribution in [0, 0.1) is 0 Å². The summed E-state index contributed by atoms with van der Waals surface area (Å²) in [6, 6.07) is 0. The van der Waals surface area contributed by atoms with E-state index in [1.165, 1.54) is 0 Å². The first kappa shape index (κ1) is 21.6. The standard InChI is InChI=1S/C10H21O12P3/c1-9(7-17-9)3-5-19-25(16,20-6-4-10(2)8-18-10)22-24(14,15)21-23(11,12)13/h3-8H2,1-2H3,(H,14,15)(H2,11,12,13). The van der Waals surface area contributed by atoms with Gasteiger partial charge in [0.2, 0.25) is 0 Å². The van der Waals surface area contributed by atoms with Crippen LogP contribution in [0.3, 0.4) is 0 Å². The molecule has 2 heterocycles. The summed E-state index contributed by atoms with van der Waals surface area (Å²) in [5.41, 5.74) is -0.878. The third kappa shape index (κ3) is 8.26. The Morgan fingerprint density at radius 2 is 1.28 bits per heavy atom. The highest BCUT2D eigenvalue weighted by atomic mass is 31.3.